The Bertz CT molecular complexity index is 548. The van der Waals surface area contributed by atoms with Gasteiger partial charge in [0.25, 0.3) is 5.56 Å². The van der Waals surface area contributed by atoms with E-state index in [2.05, 4.69) is 10.3 Å². The summed E-state index contributed by atoms with van der Waals surface area (Å²) in [6, 6.07) is 11.2. The van der Waals surface area contributed by atoms with Crippen LogP contribution >= 0.6 is 0 Å². The summed E-state index contributed by atoms with van der Waals surface area (Å²) >= 11 is 0. The summed E-state index contributed by atoms with van der Waals surface area (Å²) in [7, 11) is 0. The van der Waals surface area contributed by atoms with Gasteiger partial charge in [0.15, 0.2) is 0 Å². The monoisotopic (exact) mass is 243 g/mol. The van der Waals surface area contributed by atoms with Gasteiger partial charge in [0, 0.05) is 37.6 Å². The van der Waals surface area contributed by atoms with Crippen LogP contribution in [0.25, 0.3) is 0 Å². The Morgan fingerprint density at radius 2 is 2.11 bits per heavy atom. The maximum atomic E-state index is 11.6. The highest BCUT2D eigenvalue weighted by atomic mass is 16.1. The summed E-state index contributed by atoms with van der Waals surface area (Å²) in [5.41, 5.74) is 2.05. The summed E-state index contributed by atoms with van der Waals surface area (Å²) in [4.78, 5) is 15.9. The van der Waals surface area contributed by atoms with Crippen molar-refractivity contribution in [1.29, 1.82) is 0 Å². The van der Waals surface area contributed by atoms with Crippen molar-refractivity contribution < 1.29 is 0 Å². The number of hydrogen-bond donors (Lipinski definition) is 1. The van der Waals surface area contributed by atoms with Crippen LogP contribution in [0.15, 0.2) is 47.4 Å². The van der Waals surface area contributed by atoms with Crippen molar-refractivity contribution in [1.82, 2.24) is 14.9 Å². The van der Waals surface area contributed by atoms with Crippen molar-refractivity contribution in [3.63, 3.8) is 0 Å². The molecule has 0 fully saturated rings. The summed E-state index contributed by atoms with van der Waals surface area (Å²) in [6.07, 6.45) is 1.78. The van der Waals surface area contributed by atoms with E-state index in [1.165, 1.54) is 0 Å². The fraction of sp³-hybridized carbons (Fsp3) is 0.286. The third-order valence-corrected chi connectivity index (χ3v) is 2.81. The molecule has 18 heavy (non-hydrogen) atoms. The van der Waals surface area contributed by atoms with E-state index in [0.717, 1.165) is 24.5 Å². The molecular formula is C14H17N3O. The van der Waals surface area contributed by atoms with Crippen LogP contribution < -0.4 is 10.9 Å². The molecular weight excluding hydrogens is 226 g/mol. The van der Waals surface area contributed by atoms with Crippen LogP contribution in [0.5, 0.6) is 0 Å². The summed E-state index contributed by atoms with van der Waals surface area (Å²) in [5.74, 6) is 0. The van der Waals surface area contributed by atoms with Gasteiger partial charge in [-0.1, -0.05) is 12.1 Å². The van der Waals surface area contributed by atoms with Crippen molar-refractivity contribution in [2.75, 3.05) is 6.54 Å². The van der Waals surface area contributed by atoms with Crippen molar-refractivity contribution in [2.24, 2.45) is 0 Å². The average Bonchev–Trinajstić information content (AvgIpc) is 2.38. The molecule has 0 aromatic carbocycles. The fourth-order valence-corrected chi connectivity index (χ4v) is 1.82. The van der Waals surface area contributed by atoms with Crippen LogP contribution in [-0.4, -0.2) is 16.1 Å². The van der Waals surface area contributed by atoms with E-state index in [4.69, 9.17) is 0 Å². The topological polar surface area (TPSA) is 46.9 Å². The van der Waals surface area contributed by atoms with Crippen molar-refractivity contribution >= 4 is 0 Å². The van der Waals surface area contributed by atoms with E-state index in [9.17, 15) is 4.79 Å². The first-order valence-corrected chi connectivity index (χ1v) is 6.04. The van der Waals surface area contributed by atoms with Crippen LogP contribution in [0.4, 0.5) is 0 Å². The van der Waals surface area contributed by atoms with Crippen LogP contribution in [0, 0.1) is 6.92 Å². The number of nitrogens with zero attached hydrogens (tertiary/aromatic N) is 2. The summed E-state index contributed by atoms with van der Waals surface area (Å²) in [6.45, 7) is 4.10. The molecule has 0 saturated carbocycles. The average molecular weight is 243 g/mol. The van der Waals surface area contributed by atoms with E-state index >= 15 is 0 Å². The third-order valence-electron chi connectivity index (χ3n) is 2.81. The molecule has 0 spiro atoms. The number of nitrogens with one attached hydrogen (secondary N) is 1. The molecule has 0 radical (unpaired) electrons. The smallest absolute Gasteiger partial charge is 0.250 e. The lowest BCUT2D eigenvalue weighted by Gasteiger charge is -2.09. The van der Waals surface area contributed by atoms with Gasteiger partial charge in [0.1, 0.15) is 0 Å². The molecule has 2 heterocycles. The van der Waals surface area contributed by atoms with E-state index in [0.29, 0.717) is 6.54 Å². The highest BCUT2D eigenvalue weighted by molar-refractivity contribution is 5.05. The second-order valence-electron chi connectivity index (χ2n) is 4.15. The van der Waals surface area contributed by atoms with Crippen LogP contribution in [0.3, 0.4) is 0 Å². The molecule has 2 aromatic heterocycles. The Kier molecular flexibility index (Phi) is 4.25. The first-order chi connectivity index (χ1) is 8.77. The zero-order valence-corrected chi connectivity index (χ0v) is 10.5. The lowest BCUT2D eigenvalue weighted by Crippen LogP contribution is -2.27. The molecule has 4 heteroatoms. The predicted molar refractivity (Wildman–Crippen MR) is 71.4 cm³/mol. The summed E-state index contributed by atoms with van der Waals surface area (Å²) in [5, 5.41) is 3.28. The van der Waals surface area contributed by atoms with Crippen molar-refractivity contribution in [3.8, 4) is 0 Å². The highest BCUT2D eigenvalue weighted by Crippen LogP contribution is 1.94. The Balaban J connectivity index is 1.84. The first-order valence-electron chi connectivity index (χ1n) is 6.04. The van der Waals surface area contributed by atoms with Gasteiger partial charge in [-0.2, -0.15) is 0 Å². The molecule has 1 N–H and O–H groups in total. The van der Waals surface area contributed by atoms with Gasteiger partial charge in [-0.25, -0.2) is 0 Å². The Labute approximate surface area is 106 Å². The normalized spacial score (nSPS) is 10.5. The molecule has 0 unspecified atom stereocenters. The lowest BCUT2D eigenvalue weighted by molar-refractivity contribution is 0.571. The molecule has 0 bridgehead atoms. The lowest BCUT2D eigenvalue weighted by atomic mass is 10.3. The number of aromatic nitrogens is 2. The van der Waals surface area contributed by atoms with Crippen molar-refractivity contribution in [2.45, 2.75) is 20.0 Å². The van der Waals surface area contributed by atoms with E-state index in [1.807, 2.05) is 31.2 Å². The van der Waals surface area contributed by atoms with Gasteiger partial charge >= 0.3 is 0 Å². The maximum Gasteiger partial charge on any atom is 0.250 e. The minimum atomic E-state index is 0.0506. The fourth-order valence-electron chi connectivity index (χ4n) is 1.82. The second-order valence-corrected chi connectivity index (χ2v) is 4.15. The molecule has 0 amide bonds. The molecule has 0 aliphatic carbocycles. The van der Waals surface area contributed by atoms with E-state index < -0.39 is 0 Å². The Morgan fingerprint density at radius 3 is 2.83 bits per heavy atom. The molecule has 0 saturated heterocycles. The van der Waals surface area contributed by atoms with Crippen LogP contribution in [0.2, 0.25) is 0 Å². The van der Waals surface area contributed by atoms with E-state index in [-0.39, 0.29) is 5.56 Å². The second kappa shape index (κ2) is 6.12. The molecule has 0 aliphatic rings. The largest absolute Gasteiger partial charge is 0.312 e. The first kappa shape index (κ1) is 12.5. The molecule has 0 atom stereocenters. The SMILES string of the molecule is Cc1cccc(=O)n1CCNCc1ccccn1. The zero-order chi connectivity index (χ0) is 12.8. The quantitative estimate of drug-likeness (QED) is 0.806. The predicted octanol–water partition coefficient (Wildman–Crippen LogP) is 1.34. The van der Waals surface area contributed by atoms with Crippen LogP contribution in [-0.2, 0) is 13.1 Å². The maximum absolute atomic E-state index is 11.6. The summed E-state index contributed by atoms with van der Waals surface area (Å²) < 4.78 is 1.77. The number of aryl methyl sites for hydroxylation is 1. The van der Waals surface area contributed by atoms with E-state index in [1.54, 1.807) is 22.9 Å². The number of pyridine rings is 2. The zero-order valence-electron chi connectivity index (χ0n) is 10.5. The molecule has 4 nitrogen and oxygen atoms in total. The Hall–Kier alpha value is -1.94. The van der Waals surface area contributed by atoms with Gasteiger partial charge in [0.05, 0.1) is 5.69 Å². The number of hydrogen-bond acceptors (Lipinski definition) is 3. The molecule has 2 rings (SSSR count). The van der Waals surface area contributed by atoms with Gasteiger partial charge in [-0.15, -0.1) is 0 Å². The van der Waals surface area contributed by atoms with Crippen molar-refractivity contribution in [3.05, 3.63) is 64.3 Å². The third kappa shape index (κ3) is 3.28. The van der Waals surface area contributed by atoms with Gasteiger partial charge in [-0.05, 0) is 25.1 Å². The Morgan fingerprint density at radius 1 is 1.22 bits per heavy atom. The standard InChI is InChI=1S/C14H17N3O/c1-12-5-4-7-14(18)17(12)10-9-15-11-13-6-2-3-8-16-13/h2-8,15H,9-11H2,1H3. The van der Waals surface area contributed by atoms with Gasteiger partial charge in [-0.3, -0.25) is 9.78 Å². The number of rotatable bonds is 5. The molecule has 2 aromatic rings. The van der Waals surface area contributed by atoms with Gasteiger partial charge in [0.2, 0.25) is 0 Å². The highest BCUT2D eigenvalue weighted by Gasteiger charge is 1.98. The van der Waals surface area contributed by atoms with Gasteiger partial charge < -0.3 is 9.88 Å². The molecule has 0 aliphatic heterocycles. The molecule has 94 valence electrons. The minimum Gasteiger partial charge on any atom is -0.312 e. The minimum absolute atomic E-state index is 0.0506. The van der Waals surface area contributed by atoms with Crippen LogP contribution in [0.1, 0.15) is 11.4 Å².